The third kappa shape index (κ3) is 4.93. The van der Waals surface area contributed by atoms with Gasteiger partial charge in [-0.05, 0) is 50.0 Å². The van der Waals surface area contributed by atoms with E-state index in [1.807, 2.05) is 38.5 Å². The fourth-order valence-electron chi connectivity index (χ4n) is 3.01. The molecule has 3 aromatic rings. The largest absolute Gasteiger partial charge is 0.431 e. The molecule has 0 unspecified atom stereocenters. The molecule has 1 amide bonds. The Balaban J connectivity index is 1.80. The highest BCUT2D eigenvalue weighted by molar-refractivity contribution is 8.00. The Kier molecular flexibility index (Phi) is 7.66. The first-order valence-electron chi connectivity index (χ1n) is 9.36. The molecule has 5 nitrogen and oxygen atoms in total. The molecule has 0 aliphatic heterocycles. The van der Waals surface area contributed by atoms with Gasteiger partial charge in [-0.25, -0.2) is 9.97 Å². The molecule has 0 saturated carbocycles. The van der Waals surface area contributed by atoms with E-state index in [0.29, 0.717) is 10.2 Å². The number of oxazole rings is 1. The van der Waals surface area contributed by atoms with Gasteiger partial charge in [0, 0.05) is 21.2 Å². The highest BCUT2D eigenvalue weighted by atomic mass is 35.5. The number of halogens is 1. The second-order valence-electron chi connectivity index (χ2n) is 7.07. The number of rotatable bonds is 7. The zero-order valence-corrected chi connectivity index (χ0v) is 21.0. The molecule has 0 atom stereocenters. The average molecular weight is 482 g/mol. The minimum Gasteiger partial charge on any atom is -0.431 e. The Bertz CT molecular complexity index is 1070. The number of nitrogens with zero attached hydrogens (tertiary/aromatic N) is 2. The molecule has 160 valence electrons. The summed E-state index contributed by atoms with van der Waals surface area (Å²) in [4.78, 5) is 22.8. The summed E-state index contributed by atoms with van der Waals surface area (Å²) in [5, 5.41) is 4.96. The molecule has 2 heterocycles. The summed E-state index contributed by atoms with van der Waals surface area (Å²) in [5.74, 6) is 0.313. The fourth-order valence-corrected chi connectivity index (χ4v) is 5.14. The first kappa shape index (κ1) is 23.3. The third-order valence-electron chi connectivity index (χ3n) is 4.57. The number of carbonyl (C=O) groups is 1. The average Bonchev–Trinajstić information content (AvgIpc) is 3.14. The number of benzene rings is 1. The number of hydrogen-bond acceptors (Lipinski definition) is 7. The third-order valence-corrected chi connectivity index (χ3v) is 7.23. The van der Waals surface area contributed by atoms with Crippen LogP contribution in [0, 0.1) is 13.8 Å². The molecule has 1 N–H and O–H groups in total. The molecule has 0 spiro atoms. The lowest BCUT2D eigenvalue weighted by molar-refractivity contribution is -0.113. The summed E-state index contributed by atoms with van der Waals surface area (Å²) in [6, 6.07) is 3.92. The van der Waals surface area contributed by atoms with Gasteiger partial charge < -0.3 is 9.73 Å². The van der Waals surface area contributed by atoms with Crippen molar-refractivity contribution >= 4 is 69.6 Å². The Morgan fingerprint density at radius 2 is 1.93 bits per heavy atom. The van der Waals surface area contributed by atoms with Crippen molar-refractivity contribution in [1.29, 1.82) is 0 Å². The van der Waals surface area contributed by atoms with Crippen molar-refractivity contribution in [3.05, 3.63) is 34.0 Å². The molecule has 30 heavy (non-hydrogen) atoms. The number of carbonyl (C=O) groups excluding carboxylic acids is 1. The van der Waals surface area contributed by atoms with Crippen molar-refractivity contribution in [3.63, 3.8) is 0 Å². The maximum absolute atomic E-state index is 12.6. The maximum Gasteiger partial charge on any atom is 0.257 e. The van der Waals surface area contributed by atoms with Gasteiger partial charge in [-0.15, -0.1) is 23.5 Å². The van der Waals surface area contributed by atoms with Crippen LogP contribution in [0.5, 0.6) is 0 Å². The van der Waals surface area contributed by atoms with E-state index in [2.05, 4.69) is 29.1 Å². The van der Waals surface area contributed by atoms with E-state index >= 15 is 0 Å². The van der Waals surface area contributed by atoms with Crippen molar-refractivity contribution in [2.45, 2.75) is 48.8 Å². The normalized spacial score (nSPS) is 11.5. The highest BCUT2D eigenvalue weighted by Crippen LogP contribution is 2.36. The van der Waals surface area contributed by atoms with Gasteiger partial charge in [-0.3, -0.25) is 4.79 Å². The Hall–Kier alpha value is -1.35. The molecular weight excluding hydrogens is 458 g/mol. The summed E-state index contributed by atoms with van der Waals surface area (Å²) in [6.45, 7) is 8.06. The molecule has 0 aliphatic rings. The van der Waals surface area contributed by atoms with Crippen molar-refractivity contribution in [3.8, 4) is 0 Å². The minimum atomic E-state index is -0.127. The summed E-state index contributed by atoms with van der Waals surface area (Å²) in [7, 11) is 0. The molecule has 0 saturated heterocycles. The topological polar surface area (TPSA) is 68.0 Å². The molecule has 0 bridgehead atoms. The first-order valence-corrected chi connectivity index (χ1v) is 13.2. The van der Waals surface area contributed by atoms with Crippen LogP contribution in [0.15, 0.2) is 31.7 Å². The Morgan fingerprint density at radius 1 is 1.20 bits per heavy atom. The van der Waals surface area contributed by atoms with Crippen LogP contribution in [0.4, 0.5) is 5.69 Å². The molecule has 2 aromatic heterocycles. The number of aryl methyl sites for hydroxylation is 2. The van der Waals surface area contributed by atoms with Crippen LogP contribution in [-0.4, -0.2) is 34.1 Å². The highest BCUT2D eigenvalue weighted by Gasteiger charge is 2.19. The second kappa shape index (κ2) is 9.85. The smallest absolute Gasteiger partial charge is 0.257 e. The fraction of sp³-hybridized carbons (Fsp3) is 0.381. The maximum atomic E-state index is 12.6. The molecule has 0 aliphatic carbocycles. The van der Waals surface area contributed by atoms with E-state index in [0.717, 1.165) is 43.5 Å². The Labute approximate surface area is 194 Å². The van der Waals surface area contributed by atoms with E-state index in [1.165, 1.54) is 23.5 Å². The van der Waals surface area contributed by atoms with Gasteiger partial charge in [0.05, 0.1) is 11.4 Å². The molecule has 0 radical (unpaired) electrons. The molecule has 0 fully saturated rings. The van der Waals surface area contributed by atoms with E-state index < -0.39 is 0 Å². The lowest BCUT2D eigenvalue weighted by Gasteiger charge is -2.13. The van der Waals surface area contributed by atoms with Gasteiger partial charge in [-0.1, -0.05) is 37.2 Å². The van der Waals surface area contributed by atoms with Crippen LogP contribution in [-0.2, 0) is 4.79 Å². The summed E-state index contributed by atoms with van der Waals surface area (Å²) in [6.07, 6.45) is 3.94. The van der Waals surface area contributed by atoms with Crippen molar-refractivity contribution in [2.24, 2.45) is 0 Å². The summed E-state index contributed by atoms with van der Waals surface area (Å²) >= 11 is 10.7. The summed E-state index contributed by atoms with van der Waals surface area (Å²) in [5.41, 5.74) is 5.09. The van der Waals surface area contributed by atoms with Crippen molar-refractivity contribution in [1.82, 2.24) is 9.97 Å². The lowest BCUT2D eigenvalue weighted by Crippen LogP contribution is -2.16. The summed E-state index contributed by atoms with van der Waals surface area (Å²) < 4.78 is 6.00. The number of nitrogens with one attached hydrogen (secondary N) is 1. The standard InChI is InChI=1S/C21H24ClN3O2S3/c1-10(2)13-8-14(22)12(4)17-19(13)27-21(25-17)30-9-16(26)24-18-15(28-5)7-11(3)23-20(18)29-6/h7-8,10H,9H2,1-6H3,(H,24,26). The quantitative estimate of drug-likeness (QED) is 0.372. The zero-order chi connectivity index (χ0) is 22.0. The SMILES string of the molecule is CSc1cc(C)nc(SC)c1NC(=O)CSc1nc2c(C)c(Cl)cc(C(C)C)c2o1. The number of anilines is 1. The zero-order valence-electron chi connectivity index (χ0n) is 17.8. The second-order valence-corrected chi connectivity index (χ2v) is 10.0. The van der Waals surface area contributed by atoms with Crippen LogP contribution in [0.2, 0.25) is 5.02 Å². The van der Waals surface area contributed by atoms with E-state index in [9.17, 15) is 4.79 Å². The van der Waals surface area contributed by atoms with Gasteiger partial charge in [0.2, 0.25) is 5.91 Å². The van der Waals surface area contributed by atoms with Gasteiger partial charge in [0.15, 0.2) is 5.58 Å². The van der Waals surface area contributed by atoms with E-state index in [1.54, 1.807) is 11.8 Å². The number of thioether (sulfide) groups is 3. The molecule has 9 heteroatoms. The molecule has 1 aromatic carbocycles. The first-order chi connectivity index (χ1) is 14.2. The van der Waals surface area contributed by atoms with Crippen molar-refractivity contribution in [2.75, 3.05) is 23.6 Å². The van der Waals surface area contributed by atoms with Crippen molar-refractivity contribution < 1.29 is 9.21 Å². The van der Waals surface area contributed by atoms with Crippen LogP contribution >= 0.6 is 46.9 Å². The van der Waals surface area contributed by atoms with Gasteiger partial charge in [-0.2, -0.15) is 0 Å². The minimum absolute atomic E-state index is 0.127. The number of fused-ring (bicyclic) bond motifs is 1. The lowest BCUT2D eigenvalue weighted by atomic mass is 10.0. The van der Waals surface area contributed by atoms with E-state index in [4.69, 9.17) is 16.0 Å². The van der Waals surface area contributed by atoms with E-state index in [-0.39, 0.29) is 17.6 Å². The number of pyridine rings is 1. The predicted molar refractivity (Wildman–Crippen MR) is 130 cm³/mol. The van der Waals surface area contributed by atoms with Crippen LogP contribution in [0.3, 0.4) is 0 Å². The Morgan fingerprint density at radius 3 is 2.57 bits per heavy atom. The van der Waals surface area contributed by atoms with Crippen LogP contribution in [0.25, 0.3) is 11.1 Å². The van der Waals surface area contributed by atoms with Crippen LogP contribution in [0.1, 0.15) is 36.6 Å². The number of hydrogen-bond donors (Lipinski definition) is 1. The van der Waals surface area contributed by atoms with Gasteiger partial charge in [0.1, 0.15) is 10.5 Å². The number of aromatic nitrogens is 2. The van der Waals surface area contributed by atoms with Gasteiger partial charge >= 0.3 is 0 Å². The molecule has 3 rings (SSSR count). The van der Waals surface area contributed by atoms with Gasteiger partial charge in [0.25, 0.3) is 5.22 Å². The predicted octanol–water partition coefficient (Wildman–Crippen LogP) is 6.79. The van der Waals surface area contributed by atoms with Crippen LogP contribution < -0.4 is 5.32 Å². The monoisotopic (exact) mass is 481 g/mol. The molecular formula is C21H24ClN3O2S3. The number of amides is 1.